The molecular weight excluding hydrogens is 372 g/mol. The molecule has 0 unspecified atom stereocenters. The minimum atomic E-state index is -0.574. The van der Waals surface area contributed by atoms with Gasteiger partial charge in [-0.25, -0.2) is 9.59 Å². The minimum Gasteiger partial charge on any atom is -0.493 e. The monoisotopic (exact) mass is 392 g/mol. The number of ether oxygens (including phenoxy) is 4. The molecule has 6 nitrogen and oxygen atoms in total. The highest BCUT2D eigenvalue weighted by Gasteiger charge is 2.11. The fraction of sp³-hybridized carbons (Fsp3) is 0.130. The number of hydrogen-bond donors (Lipinski definition) is 0. The van der Waals surface area contributed by atoms with Gasteiger partial charge < -0.3 is 18.9 Å². The largest absolute Gasteiger partial charge is 0.493 e. The van der Waals surface area contributed by atoms with E-state index in [0.717, 1.165) is 5.56 Å². The first-order valence-electron chi connectivity index (χ1n) is 8.93. The maximum Gasteiger partial charge on any atom is 0.349 e. The highest BCUT2D eigenvalue weighted by Crippen LogP contribution is 2.25. The second-order valence-corrected chi connectivity index (χ2v) is 6.00. The average Bonchev–Trinajstić information content (AvgIpc) is 2.77. The highest BCUT2D eigenvalue weighted by atomic mass is 16.6. The SMILES string of the molecule is COc1ccccc1OCC(=O)Oc1ccc(C(=O)OCc2ccccc2)cc1. The Morgan fingerprint density at radius 3 is 2.14 bits per heavy atom. The van der Waals surface area contributed by atoms with Gasteiger partial charge in [-0.2, -0.15) is 0 Å². The van der Waals surface area contributed by atoms with Gasteiger partial charge in [0.2, 0.25) is 0 Å². The van der Waals surface area contributed by atoms with E-state index in [1.54, 1.807) is 24.3 Å². The number of carbonyl (C=O) groups excluding carboxylic acids is 2. The lowest BCUT2D eigenvalue weighted by Gasteiger charge is -2.10. The first kappa shape index (κ1) is 19.9. The van der Waals surface area contributed by atoms with Crippen molar-refractivity contribution in [2.24, 2.45) is 0 Å². The zero-order chi connectivity index (χ0) is 20.5. The van der Waals surface area contributed by atoms with Crippen molar-refractivity contribution in [2.75, 3.05) is 13.7 Å². The third-order valence-electron chi connectivity index (χ3n) is 3.95. The molecule has 0 atom stereocenters. The summed E-state index contributed by atoms with van der Waals surface area (Å²) in [6.07, 6.45) is 0. The molecule has 0 N–H and O–H groups in total. The fourth-order valence-electron chi connectivity index (χ4n) is 2.50. The van der Waals surface area contributed by atoms with E-state index in [1.807, 2.05) is 30.3 Å². The molecule has 3 rings (SSSR count). The molecule has 0 heterocycles. The van der Waals surface area contributed by atoms with Crippen LogP contribution in [0.3, 0.4) is 0 Å². The summed E-state index contributed by atoms with van der Waals surface area (Å²) < 4.78 is 21.1. The molecule has 0 aromatic heterocycles. The van der Waals surface area contributed by atoms with Crippen LogP contribution < -0.4 is 14.2 Å². The minimum absolute atomic E-state index is 0.191. The van der Waals surface area contributed by atoms with Crippen LogP contribution in [0.15, 0.2) is 78.9 Å². The van der Waals surface area contributed by atoms with Gasteiger partial charge in [0.1, 0.15) is 12.4 Å². The maximum atomic E-state index is 12.1. The molecule has 0 radical (unpaired) electrons. The standard InChI is InChI=1S/C23H20O6/c1-26-20-9-5-6-10-21(20)27-16-22(24)29-19-13-11-18(12-14-19)23(25)28-15-17-7-3-2-4-8-17/h2-14H,15-16H2,1H3. The van der Waals surface area contributed by atoms with Gasteiger partial charge in [0.05, 0.1) is 12.7 Å². The number of para-hydroxylation sites is 2. The Balaban J connectivity index is 1.49. The van der Waals surface area contributed by atoms with Crippen molar-refractivity contribution < 1.29 is 28.5 Å². The van der Waals surface area contributed by atoms with Crippen LogP contribution in [0, 0.1) is 0 Å². The van der Waals surface area contributed by atoms with Crippen molar-refractivity contribution in [3.05, 3.63) is 90.0 Å². The van der Waals surface area contributed by atoms with Crippen molar-refractivity contribution in [3.63, 3.8) is 0 Å². The summed E-state index contributed by atoms with van der Waals surface area (Å²) in [6, 6.07) is 22.5. The molecule has 148 valence electrons. The van der Waals surface area contributed by atoms with Crippen molar-refractivity contribution in [3.8, 4) is 17.2 Å². The lowest BCUT2D eigenvalue weighted by atomic mass is 10.2. The molecule has 3 aromatic rings. The van der Waals surface area contributed by atoms with E-state index >= 15 is 0 Å². The number of rotatable bonds is 8. The number of methoxy groups -OCH3 is 1. The van der Waals surface area contributed by atoms with Gasteiger partial charge >= 0.3 is 11.9 Å². The van der Waals surface area contributed by atoms with Crippen LogP contribution in [0.2, 0.25) is 0 Å². The predicted molar refractivity (Wildman–Crippen MR) is 106 cm³/mol. The van der Waals surface area contributed by atoms with Gasteiger partial charge in [-0.05, 0) is 42.0 Å². The van der Waals surface area contributed by atoms with E-state index in [1.165, 1.54) is 31.4 Å². The van der Waals surface area contributed by atoms with E-state index in [-0.39, 0.29) is 13.2 Å². The fourth-order valence-corrected chi connectivity index (χ4v) is 2.50. The van der Waals surface area contributed by atoms with Crippen molar-refractivity contribution in [2.45, 2.75) is 6.61 Å². The third kappa shape index (κ3) is 5.84. The van der Waals surface area contributed by atoms with Crippen molar-refractivity contribution in [1.29, 1.82) is 0 Å². The van der Waals surface area contributed by atoms with Gasteiger partial charge in [0, 0.05) is 0 Å². The molecule has 0 saturated heterocycles. The van der Waals surface area contributed by atoms with E-state index in [9.17, 15) is 9.59 Å². The van der Waals surface area contributed by atoms with E-state index in [4.69, 9.17) is 18.9 Å². The Morgan fingerprint density at radius 1 is 0.793 bits per heavy atom. The van der Waals surface area contributed by atoms with Crippen molar-refractivity contribution >= 4 is 11.9 Å². The molecule has 29 heavy (non-hydrogen) atoms. The third-order valence-corrected chi connectivity index (χ3v) is 3.95. The van der Waals surface area contributed by atoms with Crippen LogP contribution >= 0.6 is 0 Å². The molecule has 3 aromatic carbocycles. The smallest absolute Gasteiger partial charge is 0.349 e. The quantitative estimate of drug-likeness (QED) is 0.426. The second-order valence-electron chi connectivity index (χ2n) is 6.00. The molecule has 0 aliphatic heterocycles. The van der Waals surface area contributed by atoms with Crippen molar-refractivity contribution in [1.82, 2.24) is 0 Å². The summed E-state index contributed by atoms with van der Waals surface area (Å²) in [4.78, 5) is 24.1. The molecule has 0 saturated carbocycles. The van der Waals surface area contributed by atoms with Gasteiger partial charge in [0.25, 0.3) is 0 Å². The Morgan fingerprint density at radius 2 is 1.45 bits per heavy atom. The normalized spacial score (nSPS) is 10.1. The molecule has 0 spiro atoms. The van der Waals surface area contributed by atoms with Gasteiger partial charge in [-0.3, -0.25) is 0 Å². The topological polar surface area (TPSA) is 71.1 Å². The van der Waals surface area contributed by atoms with Crippen LogP contribution in [0.5, 0.6) is 17.2 Å². The number of hydrogen-bond acceptors (Lipinski definition) is 6. The first-order chi connectivity index (χ1) is 14.2. The Kier molecular flexibility index (Phi) is 6.84. The zero-order valence-corrected chi connectivity index (χ0v) is 15.9. The van der Waals surface area contributed by atoms with E-state index < -0.39 is 11.9 Å². The number of carbonyl (C=O) groups is 2. The molecule has 0 aliphatic rings. The van der Waals surface area contributed by atoms with Crippen LogP contribution in [0.1, 0.15) is 15.9 Å². The molecule has 6 heteroatoms. The summed E-state index contributed by atoms with van der Waals surface area (Å²) in [6.45, 7) is -0.0854. The summed E-state index contributed by atoms with van der Waals surface area (Å²) >= 11 is 0. The van der Waals surface area contributed by atoms with Gasteiger partial charge in [0.15, 0.2) is 18.1 Å². The lowest BCUT2D eigenvalue weighted by molar-refractivity contribution is -0.136. The van der Waals surface area contributed by atoms with Crippen LogP contribution in [0.25, 0.3) is 0 Å². The summed E-state index contributed by atoms with van der Waals surface area (Å²) in [5.74, 6) is 0.252. The molecule has 0 bridgehead atoms. The predicted octanol–water partition coefficient (Wildman–Crippen LogP) is 4.04. The average molecular weight is 392 g/mol. The zero-order valence-electron chi connectivity index (χ0n) is 15.9. The Labute approximate surface area is 168 Å². The van der Waals surface area contributed by atoms with Crippen LogP contribution in [0.4, 0.5) is 0 Å². The van der Waals surface area contributed by atoms with E-state index in [0.29, 0.717) is 22.8 Å². The maximum absolute atomic E-state index is 12.1. The Bertz CT molecular complexity index is 951. The molecule has 0 aliphatic carbocycles. The number of benzene rings is 3. The molecular formula is C23H20O6. The van der Waals surface area contributed by atoms with E-state index in [2.05, 4.69) is 0 Å². The number of esters is 2. The molecule has 0 amide bonds. The first-order valence-corrected chi connectivity index (χ1v) is 8.93. The van der Waals surface area contributed by atoms with Crippen LogP contribution in [-0.2, 0) is 16.1 Å². The molecule has 0 fully saturated rings. The summed E-state index contributed by atoms with van der Waals surface area (Å²) in [5, 5.41) is 0. The lowest BCUT2D eigenvalue weighted by Crippen LogP contribution is -2.18. The summed E-state index contributed by atoms with van der Waals surface area (Å²) in [5.41, 5.74) is 1.27. The summed E-state index contributed by atoms with van der Waals surface area (Å²) in [7, 11) is 1.52. The van der Waals surface area contributed by atoms with Crippen LogP contribution in [-0.4, -0.2) is 25.7 Å². The second kappa shape index (κ2) is 9.94. The van der Waals surface area contributed by atoms with Gasteiger partial charge in [-0.15, -0.1) is 0 Å². The Hall–Kier alpha value is -3.80. The van der Waals surface area contributed by atoms with Gasteiger partial charge in [-0.1, -0.05) is 42.5 Å². The highest BCUT2D eigenvalue weighted by molar-refractivity contribution is 5.89.